The minimum atomic E-state index is 1.50. The quantitative estimate of drug-likeness (QED) is 0.406. The first-order chi connectivity index (χ1) is 8.50. The molecule has 0 atom stereocenters. The lowest BCUT2D eigenvalue weighted by molar-refractivity contribution is 1.50. The summed E-state index contributed by atoms with van der Waals surface area (Å²) in [6, 6.07) is 0. The maximum absolute atomic E-state index is 2.00. The van der Waals surface area contributed by atoms with E-state index in [4.69, 9.17) is 0 Å². The fraction of sp³-hybridized carbons (Fsp3) is 1.00. The van der Waals surface area contributed by atoms with Gasteiger partial charge in [0.1, 0.15) is 0 Å². The molecule has 116 valence electrons. The molecule has 1 saturated carbocycles. The highest BCUT2D eigenvalue weighted by molar-refractivity contribution is 4.50. The Labute approximate surface area is 117 Å². The summed E-state index contributed by atoms with van der Waals surface area (Å²) in [5.41, 5.74) is 0. The van der Waals surface area contributed by atoms with Crippen LogP contribution in [0.15, 0.2) is 0 Å². The predicted octanol–water partition coefficient (Wildman–Crippen LogP) is 8.35. The molecule has 0 unspecified atom stereocenters. The molecule has 0 spiro atoms. The Balaban J connectivity index is -0.0000000136. The van der Waals surface area contributed by atoms with Gasteiger partial charge in [-0.1, -0.05) is 116 Å². The average molecular weight is 253 g/mol. The molecule has 0 radical (unpaired) electrons. The van der Waals surface area contributed by atoms with Crippen molar-refractivity contribution in [3.8, 4) is 0 Å². The molecule has 0 amide bonds. The van der Waals surface area contributed by atoms with Gasteiger partial charge in [0.15, 0.2) is 0 Å². The molecule has 0 aromatic carbocycles. The molecular weight excluding hydrogens is 204 g/mol. The van der Waals surface area contributed by atoms with Crippen LogP contribution in [0.3, 0.4) is 0 Å². The minimum absolute atomic E-state index is 1.50. The van der Waals surface area contributed by atoms with E-state index in [1.54, 1.807) is 0 Å². The summed E-state index contributed by atoms with van der Waals surface area (Å²) >= 11 is 0. The van der Waals surface area contributed by atoms with Crippen LogP contribution in [0.2, 0.25) is 0 Å². The van der Waals surface area contributed by atoms with E-state index in [1.165, 1.54) is 19.3 Å². The molecule has 0 N–H and O–H groups in total. The average Bonchev–Trinajstić information content (AvgIpc) is 3.41. The van der Waals surface area contributed by atoms with Crippen molar-refractivity contribution in [2.45, 2.75) is 116 Å². The van der Waals surface area contributed by atoms with Gasteiger partial charge in [0.05, 0.1) is 0 Å². The van der Waals surface area contributed by atoms with Gasteiger partial charge in [-0.3, -0.25) is 0 Å². The van der Waals surface area contributed by atoms with Gasteiger partial charge in [0, 0.05) is 0 Å². The molecule has 0 heteroatoms. The highest BCUT2D eigenvalue weighted by Gasteiger charge is 1.95. The first kappa shape index (κ1) is 43.5. The lowest BCUT2D eigenvalue weighted by Gasteiger charge is -1.07. The van der Waals surface area contributed by atoms with Crippen molar-refractivity contribution < 1.29 is 0 Å². The highest BCUT2D eigenvalue weighted by Crippen LogP contribution is 2.14. The van der Waals surface area contributed by atoms with E-state index >= 15 is 0 Å². The first-order valence-corrected chi connectivity index (χ1v) is 8.50. The van der Waals surface area contributed by atoms with E-state index in [1.807, 2.05) is 96.9 Å². The number of rotatable bonds is 0. The van der Waals surface area contributed by atoms with E-state index in [9.17, 15) is 0 Å². The summed E-state index contributed by atoms with van der Waals surface area (Å²) in [5, 5.41) is 0. The van der Waals surface area contributed by atoms with Crippen molar-refractivity contribution in [1.29, 1.82) is 0 Å². The van der Waals surface area contributed by atoms with Gasteiger partial charge in [-0.2, -0.15) is 0 Å². The van der Waals surface area contributed by atoms with Crippen LogP contribution >= 0.6 is 0 Å². The largest absolute Gasteiger partial charge is 0.0683 e. The van der Waals surface area contributed by atoms with E-state index in [-0.39, 0.29) is 0 Å². The third-order valence-electron chi connectivity index (χ3n) is 0.354. The van der Waals surface area contributed by atoms with Crippen molar-refractivity contribution in [3.63, 3.8) is 0 Å². The van der Waals surface area contributed by atoms with Crippen LogP contribution in [-0.4, -0.2) is 0 Å². The van der Waals surface area contributed by atoms with Crippen LogP contribution in [0.25, 0.3) is 0 Å². The van der Waals surface area contributed by atoms with Crippen LogP contribution in [-0.2, 0) is 0 Å². The molecule has 0 aromatic rings. The number of hydrogen-bond acceptors (Lipinski definition) is 0. The van der Waals surface area contributed by atoms with E-state index < -0.39 is 0 Å². The molecule has 0 heterocycles. The fourth-order valence-electron chi connectivity index (χ4n) is 0. The summed E-state index contributed by atoms with van der Waals surface area (Å²) in [6.07, 6.45) is 4.50. The third kappa shape index (κ3) is 3140. The van der Waals surface area contributed by atoms with Gasteiger partial charge in [0.2, 0.25) is 0 Å². The maximum Gasteiger partial charge on any atom is -0.0533 e. The zero-order valence-electron chi connectivity index (χ0n) is 16.1. The van der Waals surface area contributed by atoms with Gasteiger partial charge in [-0.25, -0.2) is 0 Å². The third-order valence-corrected chi connectivity index (χ3v) is 0.354. The van der Waals surface area contributed by atoms with Gasteiger partial charge in [0.25, 0.3) is 0 Å². The van der Waals surface area contributed by atoms with E-state index in [0.717, 1.165) is 0 Å². The van der Waals surface area contributed by atoms with E-state index in [0.29, 0.717) is 0 Å². The smallest absolute Gasteiger partial charge is 0.0533 e. The van der Waals surface area contributed by atoms with Crippen molar-refractivity contribution >= 4 is 0 Å². The Morgan fingerprint density at radius 1 is 0.235 bits per heavy atom. The Hall–Kier alpha value is 0. The van der Waals surface area contributed by atoms with Crippen molar-refractivity contribution in [2.75, 3.05) is 0 Å². The lowest BCUT2D eigenvalue weighted by Crippen LogP contribution is -0.856. The summed E-state index contributed by atoms with van der Waals surface area (Å²) in [6.45, 7) is 28.0. The molecular formula is C17H48. The van der Waals surface area contributed by atoms with Crippen LogP contribution in [0.1, 0.15) is 116 Å². The molecule has 0 saturated heterocycles. The second-order valence-electron chi connectivity index (χ2n) is 1.06. The molecule has 1 fully saturated rings. The molecule has 1 aliphatic carbocycles. The van der Waals surface area contributed by atoms with E-state index in [2.05, 4.69) is 0 Å². The standard InChI is InChI=1S/C3H6.7C2H6/c1-2-3-1;7*1-2/h1-3H2;7*1-2H3. The zero-order valence-corrected chi connectivity index (χ0v) is 16.1. The van der Waals surface area contributed by atoms with Crippen LogP contribution in [0.5, 0.6) is 0 Å². The number of hydrogen-bond donors (Lipinski definition) is 0. The minimum Gasteiger partial charge on any atom is -0.0683 e. The van der Waals surface area contributed by atoms with Crippen LogP contribution < -0.4 is 0 Å². The zero-order chi connectivity index (χ0) is 16.1. The molecule has 0 nitrogen and oxygen atoms in total. The van der Waals surface area contributed by atoms with Gasteiger partial charge >= 0.3 is 0 Å². The monoisotopic (exact) mass is 252 g/mol. The highest BCUT2D eigenvalue weighted by atomic mass is 14.0. The predicted molar refractivity (Wildman–Crippen MR) is 93.3 cm³/mol. The topological polar surface area (TPSA) is 0 Å². The van der Waals surface area contributed by atoms with Crippen molar-refractivity contribution in [3.05, 3.63) is 0 Å². The molecule has 0 aromatic heterocycles. The molecule has 0 bridgehead atoms. The molecule has 1 rings (SSSR count). The molecule has 1 aliphatic rings. The summed E-state index contributed by atoms with van der Waals surface area (Å²) in [4.78, 5) is 0. The summed E-state index contributed by atoms with van der Waals surface area (Å²) in [5.74, 6) is 0. The van der Waals surface area contributed by atoms with Gasteiger partial charge in [-0.15, -0.1) is 0 Å². The Kier molecular flexibility index (Phi) is 1020. The van der Waals surface area contributed by atoms with Gasteiger partial charge < -0.3 is 0 Å². The second kappa shape index (κ2) is 400. The SMILES string of the molecule is C1CC1.CC.CC.CC.CC.CC.CC.CC. The van der Waals surface area contributed by atoms with Crippen LogP contribution in [0.4, 0.5) is 0 Å². The summed E-state index contributed by atoms with van der Waals surface area (Å²) in [7, 11) is 0. The normalized spacial score (nSPS) is 6.71. The Morgan fingerprint density at radius 2 is 0.294 bits per heavy atom. The fourth-order valence-corrected chi connectivity index (χ4v) is 0. The van der Waals surface area contributed by atoms with Crippen LogP contribution in [0, 0.1) is 0 Å². The van der Waals surface area contributed by atoms with Crippen molar-refractivity contribution in [2.24, 2.45) is 0 Å². The Bertz CT molecular complexity index is 4.75. The lowest BCUT2D eigenvalue weighted by atomic mass is 11.0. The second-order valence-corrected chi connectivity index (χ2v) is 1.06. The van der Waals surface area contributed by atoms with Crippen molar-refractivity contribution in [1.82, 2.24) is 0 Å². The Morgan fingerprint density at radius 3 is 0.294 bits per heavy atom. The summed E-state index contributed by atoms with van der Waals surface area (Å²) < 4.78 is 0. The van der Waals surface area contributed by atoms with Gasteiger partial charge in [-0.05, 0) is 0 Å². The first-order valence-electron chi connectivity index (χ1n) is 8.50. The molecule has 0 aliphatic heterocycles. The molecule has 17 heavy (non-hydrogen) atoms. The maximum atomic E-state index is 2.00.